The Morgan fingerprint density at radius 1 is 1.33 bits per heavy atom. The number of piperidine rings is 1. The van der Waals surface area contributed by atoms with Gasteiger partial charge in [0.1, 0.15) is 0 Å². The topological polar surface area (TPSA) is 93.0 Å². The van der Waals surface area contributed by atoms with Crippen molar-refractivity contribution < 1.29 is 9.59 Å². The van der Waals surface area contributed by atoms with Crippen LogP contribution in [0.5, 0.6) is 0 Å². The fraction of sp³-hybridized carbons (Fsp3) is 0.438. The number of para-hydroxylation sites is 1. The molecule has 2 heterocycles. The summed E-state index contributed by atoms with van der Waals surface area (Å²) < 4.78 is 1.60. The van der Waals surface area contributed by atoms with Gasteiger partial charge in [0.05, 0.1) is 18.2 Å². The standard InChI is InChI=1S/C16H20N6O2/c1-2-21-11-12(8-9-15(21)23)16(24)17-10-14-18-19-20-22(14)13-6-4-3-5-7-13/h3-7,12H,2,8-11H2,1H3,(H,17,24). The van der Waals surface area contributed by atoms with E-state index >= 15 is 0 Å². The Bertz CT molecular complexity index is 714. The summed E-state index contributed by atoms with van der Waals surface area (Å²) in [5.74, 6) is 0.440. The second kappa shape index (κ2) is 7.20. The number of likely N-dealkylation sites (tertiary alicyclic amines) is 1. The molecule has 1 saturated heterocycles. The molecule has 1 unspecified atom stereocenters. The molecule has 126 valence electrons. The second-order valence-electron chi connectivity index (χ2n) is 5.73. The predicted molar refractivity (Wildman–Crippen MR) is 86.0 cm³/mol. The minimum atomic E-state index is -0.177. The molecule has 3 rings (SSSR count). The van der Waals surface area contributed by atoms with Gasteiger partial charge in [-0.25, -0.2) is 0 Å². The van der Waals surface area contributed by atoms with Crippen molar-refractivity contribution >= 4 is 11.8 Å². The number of rotatable bonds is 5. The zero-order chi connectivity index (χ0) is 16.9. The summed E-state index contributed by atoms with van der Waals surface area (Å²) in [4.78, 5) is 25.8. The van der Waals surface area contributed by atoms with Crippen LogP contribution in [-0.4, -0.2) is 50.0 Å². The van der Waals surface area contributed by atoms with Gasteiger partial charge in [0.2, 0.25) is 11.8 Å². The number of amides is 2. The van der Waals surface area contributed by atoms with Gasteiger partial charge in [-0.2, -0.15) is 4.68 Å². The summed E-state index contributed by atoms with van der Waals surface area (Å²) in [5.41, 5.74) is 0.840. The maximum Gasteiger partial charge on any atom is 0.225 e. The molecule has 2 amide bonds. The molecule has 0 bridgehead atoms. The van der Waals surface area contributed by atoms with Crippen LogP contribution in [0.25, 0.3) is 5.69 Å². The van der Waals surface area contributed by atoms with E-state index in [0.29, 0.717) is 31.8 Å². The van der Waals surface area contributed by atoms with Gasteiger partial charge in [-0.05, 0) is 35.9 Å². The highest BCUT2D eigenvalue weighted by molar-refractivity contribution is 5.83. The lowest BCUT2D eigenvalue weighted by Crippen LogP contribution is -2.45. The molecule has 1 aromatic heterocycles. The van der Waals surface area contributed by atoms with Crippen molar-refractivity contribution in [3.8, 4) is 5.69 Å². The number of hydrogen-bond acceptors (Lipinski definition) is 5. The van der Waals surface area contributed by atoms with Crippen LogP contribution in [0, 0.1) is 5.92 Å². The molecule has 1 aliphatic heterocycles. The third-order valence-corrected chi connectivity index (χ3v) is 4.21. The molecule has 0 spiro atoms. The average Bonchev–Trinajstić information content (AvgIpc) is 3.09. The minimum Gasteiger partial charge on any atom is -0.348 e. The third kappa shape index (κ3) is 3.42. The number of tetrazole rings is 1. The monoisotopic (exact) mass is 328 g/mol. The lowest BCUT2D eigenvalue weighted by Gasteiger charge is -2.30. The largest absolute Gasteiger partial charge is 0.348 e. The van der Waals surface area contributed by atoms with E-state index < -0.39 is 0 Å². The Hall–Kier alpha value is -2.77. The molecule has 0 saturated carbocycles. The number of hydrogen-bond donors (Lipinski definition) is 1. The first-order valence-electron chi connectivity index (χ1n) is 8.07. The smallest absolute Gasteiger partial charge is 0.225 e. The zero-order valence-corrected chi connectivity index (χ0v) is 13.6. The van der Waals surface area contributed by atoms with Crippen molar-refractivity contribution in [1.29, 1.82) is 0 Å². The third-order valence-electron chi connectivity index (χ3n) is 4.21. The maximum absolute atomic E-state index is 12.4. The second-order valence-corrected chi connectivity index (χ2v) is 5.73. The van der Waals surface area contributed by atoms with E-state index in [9.17, 15) is 9.59 Å². The van der Waals surface area contributed by atoms with E-state index in [1.165, 1.54) is 0 Å². The maximum atomic E-state index is 12.4. The molecule has 1 atom stereocenters. The number of carbonyl (C=O) groups excluding carboxylic acids is 2. The van der Waals surface area contributed by atoms with E-state index in [1.807, 2.05) is 37.3 Å². The summed E-state index contributed by atoms with van der Waals surface area (Å²) in [5, 5.41) is 14.5. The highest BCUT2D eigenvalue weighted by Gasteiger charge is 2.29. The molecule has 1 aromatic carbocycles. The van der Waals surface area contributed by atoms with Gasteiger partial charge in [-0.15, -0.1) is 5.10 Å². The molecular weight excluding hydrogens is 308 g/mol. The van der Waals surface area contributed by atoms with Gasteiger partial charge in [0.25, 0.3) is 0 Å². The van der Waals surface area contributed by atoms with Crippen molar-refractivity contribution in [2.24, 2.45) is 5.92 Å². The molecule has 1 aliphatic rings. The molecular formula is C16H20N6O2. The quantitative estimate of drug-likeness (QED) is 0.864. The van der Waals surface area contributed by atoms with Gasteiger partial charge in [-0.1, -0.05) is 18.2 Å². The molecule has 8 heteroatoms. The number of benzene rings is 1. The highest BCUT2D eigenvalue weighted by atomic mass is 16.2. The summed E-state index contributed by atoms with van der Waals surface area (Å²) in [6.07, 6.45) is 1.01. The number of aromatic nitrogens is 4. The van der Waals surface area contributed by atoms with Gasteiger partial charge >= 0.3 is 0 Å². The summed E-state index contributed by atoms with van der Waals surface area (Å²) >= 11 is 0. The lowest BCUT2D eigenvalue weighted by molar-refractivity contribution is -0.138. The Kier molecular flexibility index (Phi) is 4.83. The van der Waals surface area contributed by atoms with Crippen molar-refractivity contribution in [2.75, 3.05) is 13.1 Å². The normalized spacial score (nSPS) is 17.8. The van der Waals surface area contributed by atoms with Gasteiger partial charge in [0.15, 0.2) is 5.82 Å². The van der Waals surface area contributed by atoms with Crippen LogP contribution in [0.3, 0.4) is 0 Å². The lowest BCUT2D eigenvalue weighted by atomic mass is 9.96. The SMILES string of the molecule is CCN1CC(C(=O)NCc2nnnn2-c2ccccc2)CCC1=O. The molecule has 24 heavy (non-hydrogen) atoms. The molecule has 0 radical (unpaired) electrons. The summed E-state index contributed by atoms with van der Waals surface area (Å²) in [7, 11) is 0. The molecule has 1 N–H and O–H groups in total. The van der Waals surface area contributed by atoms with Gasteiger partial charge < -0.3 is 10.2 Å². The summed E-state index contributed by atoms with van der Waals surface area (Å²) in [6, 6.07) is 9.51. The van der Waals surface area contributed by atoms with Gasteiger partial charge in [-0.3, -0.25) is 9.59 Å². The summed E-state index contributed by atoms with van der Waals surface area (Å²) in [6.45, 7) is 3.28. The van der Waals surface area contributed by atoms with E-state index in [-0.39, 0.29) is 24.3 Å². The Labute approximate surface area is 139 Å². The minimum absolute atomic E-state index is 0.0661. The fourth-order valence-electron chi connectivity index (χ4n) is 2.83. The first-order chi connectivity index (χ1) is 11.7. The Morgan fingerprint density at radius 3 is 2.88 bits per heavy atom. The first kappa shape index (κ1) is 16.1. The predicted octanol–water partition coefficient (Wildman–Crippen LogP) is 0.537. The zero-order valence-electron chi connectivity index (χ0n) is 13.6. The molecule has 0 aliphatic carbocycles. The van der Waals surface area contributed by atoms with Crippen molar-refractivity contribution in [1.82, 2.24) is 30.4 Å². The van der Waals surface area contributed by atoms with E-state index in [1.54, 1.807) is 9.58 Å². The van der Waals surface area contributed by atoms with Crippen LogP contribution >= 0.6 is 0 Å². The fourth-order valence-corrected chi connectivity index (χ4v) is 2.83. The van der Waals surface area contributed by atoms with Crippen molar-refractivity contribution in [2.45, 2.75) is 26.3 Å². The highest BCUT2D eigenvalue weighted by Crippen LogP contribution is 2.17. The number of carbonyl (C=O) groups is 2. The van der Waals surface area contributed by atoms with E-state index in [4.69, 9.17) is 0 Å². The van der Waals surface area contributed by atoms with Crippen LogP contribution in [0.4, 0.5) is 0 Å². The average molecular weight is 328 g/mol. The van der Waals surface area contributed by atoms with E-state index in [2.05, 4.69) is 20.8 Å². The molecule has 2 aromatic rings. The molecule has 1 fully saturated rings. The van der Waals surface area contributed by atoms with Gasteiger partial charge in [0, 0.05) is 19.5 Å². The van der Waals surface area contributed by atoms with Crippen LogP contribution < -0.4 is 5.32 Å². The Balaban J connectivity index is 1.62. The Morgan fingerprint density at radius 2 is 2.12 bits per heavy atom. The number of nitrogens with one attached hydrogen (secondary N) is 1. The molecule has 8 nitrogen and oxygen atoms in total. The van der Waals surface area contributed by atoms with E-state index in [0.717, 1.165) is 5.69 Å². The van der Waals surface area contributed by atoms with Crippen LogP contribution in [0.1, 0.15) is 25.6 Å². The van der Waals surface area contributed by atoms with Crippen LogP contribution in [-0.2, 0) is 16.1 Å². The van der Waals surface area contributed by atoms with Crippen molar-refractivity contribution in [3.05, 3.63) is 36.2 Å². The number of nitrogens with zero attached hydrogens (tertiary/aromatic N) is 5. The first-order valence-corrected chi connectivity index (χ1v) is 8.07. The van der Waals surface area contributed by atoms with Crippen LogP contribution in [0.2, 0.25) is 0 Å². The van der Waals surface area contributed by atoms with Crippen molar-refractivity contribution in [3.63, 3.8) is 0 Å². The van der Waals surface area contributed by atoms with Crippen LogP contribution in [0.15, 0.2) is 30.3 Å².